The van der Waals surface area contributed by atoms with Gasteiger partial charge in [0.15, 0.2) is 5.65 Å². The molecule has 0 amide bonds. The second kappa shape index (κ2) is 7.71. The third kappa shape index (κ3) is 3.48. The van der Waals surface area contributed by atoms with E-state index in [1.165, 1.54) is 6.20 Å². The lowest BCUT2D eigenvalue weighted by Crippen LogP contribution is -2.16. The van der Waals surface area contributed by atoms with E-state index < -0.39 is 10.0 Å². The molecule has 0 aliphatic heterocycles. The molecule has 11 heteroatoms. The maximum Gasteiger partial charge on any atom is 0.264 e. The van der Waals surface area contributed by atoms with Gasteiger partial charge in [-0.1, -0.05) is 17.7 Å². The summed E-state index contributed by atoms with van der Waals surface area (Å²) in [5, 5.41) is 0.641. The SMILES string of the molecule is COc1ccnc2c1c(-c1ccnc(N)n1)c1ccnc(NS(=O)(=O)c3ccc(C)cc3)n12. The number of hydrogen-bond acceptors (Lipinski definition) is 8. The van der Waals surface area contributed by atoms with Gasteiger partial charge in [0.25, 0.3) is 10.0 Å². The fourth-order valence-corrected chi connectivity index (χ4v) is 4.71. The van der Waals surface area contributed by atoms with Crippen LogP contribution in [0.1, 0.15) is 5.56 Å². The largest absolute Gasteiger partial charge is 0.496 e. The van der Waals surface area contributed by atoms with E-state index in [0.29, 0.717) is 33.6 Å². The van der Waals surface area contributed by atoms with E-state index in [9.17, 15) is 8.42 Å². The number of ether oxygens (including phenoxy) is 1. The number of benzene rings is 1. The Balaban J connectivity index is 1.80. The van der Waals surface area contributed by atoms with Crippen LogP contribution in [0.2, 0.25) is 0 Å². The molecule has 0 saturated heterocycles. The van der Waals surface area contributed by atoms with Crippen molar-refractivity contribution in [3.05, 3.63) is 66.6 Å². The van der Waals surface area contributed by atoms with Crippen molar-refractivity contribution in [3.63, 3.8) is 0 Å². The van der Waals surface area contributed by atoms with E-state index in [4.69, 9.17) is 10.5 Å². The molecule has 4 heterocycles. The summed E-state index contributed by atoms with van der Waals surface area (Å²) in [6.07, 6.45) is 4.65. The van der Waals surface area contributed by atoms with Gasteiger partial charge >= 0.3 is 0 Å². The van der Waals surface area contributed by atoms with E-state index in [-0.39, 0.29) is 16.8 Å². The normalized spacial score (nSPS) is 11.7. The highest BCUT2D eigenvalue weighted by molar-refractivity contribution is 7.92. The molecule has 5 rings (SSSR count). The highest BCUT2D eigenvalue weighted by Gasteiger charge is 2.24. The number of nitrogen functional groups attached to an aromatic ring is 1. The zero-order valence-corrected chi connectivity index (χ0v) is 18.5. The molecule has 3 N–H and O–H groups in total. The predicted molar refractivity (Wildman–Crippen MR) is 124 cm³/mol. The van der Waals surface area contributed by atoms with Crippen molar-refractivity contribution in [1.82, 2.24) is 24.3 Å². The minimum Gasteiger partial charge on any atom is -0.496 e. The van der Waals surface area contributed by atoms with Gasteiger partial charge in [-0.15, -0.1) is 0 Å². The zero-order valence-electron chi connectivity index (χ0n) is 17.7. The molecule has 0 unspecified atom stereocenters. The summed E-state index contributed by atoms with van der Waals surface area (Å²) in [5.41, 5.74) is 9.07. The first-order chi connectivity index (χ1) is 15.9. The number of rotatable bonds is 5. The Morgan fingerprint density at radius 3 is 2.42 bits per heavy atom. The van der Waals surface area contributed by atoms with Crippen molar-refractivity contribution in [2.24, 2.45) is 0 Å². The molecule has 10 nitrogen and oxygen atoms in total. The number of hydrogen-bond donors (Lipinski definition) is 2. The summed E-state index contributed by atoms with van der Waals surface area (Å²) in [7, 11) is -2.36. The van der Waals surface area contributed by atoms with Crippen LogP contribution in [0.4, 0.5) is 11.9 Å². The van der Waals surface area contributed by atoms with E-state index in [2.05, 4.69) is 24.7 Å². The Morgan fingerprint density at radius 1 is 0.970 bits per heavy atom. The van der Waals surface area contributed by atoms with E-state index >= 15 is 0 Å². The van der Waals surface area contributed by atoms with Crippen LogP contribution >= 0.6 is 0 Å². The van der Waals surface area contributed by atoms with Crippen molar-refractivity contribution in [1.29, 1.82) is 0 Å². The summed E-state index contributed by atoms with van der Waals surface area (Å²) < 4.78 is 36.0. The van der Waals surface area contributed by atoms with Crippen molar-refractivity contribution in [3.8, 4) is 17.0 Å². The quantitative estimate of drug-likeness (QED) is 0.407. The Kier molecular flexibility index (Phi) is 4.82. The summed E-state index contributed by atoms with van der Waals surface area (Å²) in [5.74, 6) is 0.729. The molecule has 0 atom stereocenters. The van der Waals surface area contributed by atoms with E-state index in [0.717, 1.165) is 5.56 Å². The molecule has 166 valence electrons. The second-order valence-electron chi connectivity index (χ2n) is 7.29. The number of fused-ring (bicyclic) bond motifs is 3. The van der Waals surface area contributed by atoms with Gasteiger partial charge < -0.3 is 10.5 Å². The smallest absolute Gasteiger partial charge is 0.264 e. The maximum absolute atomic E-state index is 13.1. The molecule has 0 bridgehead atoms. The van der Waals surface area contributed by atoms with Crippen LogP contribution in [0, 0.1) is 6.92 Å². The van der Waals surface area contributed by atoms with Gasteiger partial charge in [-0.3, -0.25) is 4.40 Å². The Hall–Kier alpha value is -4.25. The van der Waals surface area contributed by atoms with Gasteiger partial charge in [-0.25, -0.2) is 33.1 Å². The van der Waals surface area contributed by atoms with Crippen LogP contribution in [0.3, 0.4) is 0 Å². The summed E-state index contributed by atoms with van der Waals surface area (Å²) in [6.45, 7) is 1.89. The fraction of sp³-hybridized carbons (Fsp3) is 0.0909. The summed E-state index contributed by atoms with van der Waals surface area (Å²) >= 11 is 0. The monoisotopic (exact) mass is 461 g/mol. The highest BCUT2D eigenvalue weighted by Crippen LogP contribution is 2.40. The number of nitrogens with zero attached hydrogens (tertiary/aromatic N) is 5. The number of nitrogens with one attached hydrogen (secondary N) is 1. The molecule has 0 spiro atoms. The first kappa shape index (κ1) is 20.6. The molecule has 33 heavy (non-hydrogen) atoms. The third-order valence-corrected chi connectivity index (χ3v) is 6.54. The van der Waals surface area contributed by atoms with Crippen molar-refractivity contribution in [2.75, 3.05) is 17.6 Å². The van der Waals surface area contributed by atoms with E-state index in [1.807, 2.05) is 6.92 Å². The minimum absolute atomic E-state index is 0.0760. The van der Waals surface area contributed by atoms with Gasteiger partial charge in [-0.2, -0.15) is 0 Å². The first-order valence-electron chi connectivity index (χ1n) is 9.89. The van der Waals surface area contributed by atoms with Crippen LogP contribution in [-0.4, -0.2) is 39.9 Å². The topological polar surface area (TPSA) is 137 Å². The lowest BCUT2D eigenvalue weighted by Gasteiger charge is -2.10. The molecule has 1 aromatic carbocycles. The number of nitrogens with two attached hydrogens (primary N) is 1. The van der Waals surface area contributed by atoms with Crippen molar-refractivity contribution < 1.29 is 13.2 Å². The van der Waals surface area contributed by atoms with Crippen LogP contribution in [0.15, 0.2) is 66.0 Å². The molecular weight excluding hydrogens is 442 g/mol. The molecule has 0 aliphatic carbocycles. The first-order valence-corrected chi connectivity index (χ1v) is 11.4. The average Bonchev–Trinajstić information content (AvgIpc) is 3.14. The Labute approximate surface area is 189 Å². The standard InChI is InChI=1S/C22H19N7O3S/c1-13-3-5-14(6-4-13)33(30,31)28-22-26-11-8-16-18(15-7-10-25-21(23)27-15)19-17(32-2)9-12-24-20(19)29(16)22/h3-12H,1-2H3,(H,26,28)(H2,23,25,27). The number of aromatic nitrogens is 5. The van der Waals surface area contributed by atoms with Gasteiger partial charge in [0.05, 0.1) is 28.6 Å². The third-order valence-electron chi connectivity index (χ3n) is 5.20. The number of pyridine rings is 1. The zero-order chi connectivity index (χ0) is 23.2. The van der Waals surface area contributed by atoms with Crippen molar-refractivity contribution in [2.45, 2.75) is 11.8 Å². The van der Waals surface area contributed by atoms with Crippen LogP contribution in [0.25, 0.3) is 27.8 Å². The average molecular weight is 462 g/mol. The fourth-order valence-electron chi connectivity index (χ4n) is 3.71. The molecule has 0 fully saturated rings. The molecule has 0 radical (unpaired) electrons. The lowest BCUT2D eigenvalue weighted by atomic mass is 10.1. The molecule has 0 saturated carbocycles. The molecule has 0 aliphatic rings. The minimum atomic E-state index is -3.91. The number of aryl methyl sites for hydroxylation is 1. The Morgan fingerprint density at radius 2 is 1.70 bits per heavy atom. The number of sulfonamides is 1. The second-order valence-corrected chi connectivity index (χ2v) is 8.98. The molecule has 4 aromatic heterocycles. The van der Waals surface area contributed by atoms with Crippen LogP contribution in [0.5, 0.6) is 5.75 Å². The van der Waals surface area contributed by atoms with Gasteiger partial charge in [0.2, 0.25) is 11.9 Å². The summed E-state index contributed by atoms with van der Waals surface area (Å²) in [6, 6.07) is 11.7. The predicted octanol–water partition coefficient (Wildman–Crippen LogP) is 3.04. The lowest BCUT2D eigenvalue weighted by molar-refractivity contribution is 0.419. The van der Waals surface area contributed by atoms with Gasteiger partial charge in [-0.05, 0) is 37.3 Å². The number of methoxy groups -OCH3 is 1. The molecular formula is C22H19N7O3S. The highest BCUT2D eigenvalue weighted by atomic mass is 32.2. The number of anilines is 2. The van der Waals surface area contributed by atoms with Crippen LogP contribution < -0.4 is 15.2 Å². The Bertz CT molecular complexity index is 1610. The van der Waals surface area contributed by atoms with E-state index in [1.54, 1.807) is 66.4 Å². The summed E-state index contributed by atoms with van der Waals surface area (Å²) in [4.78, 5) is 17.2. The van der Waals surface area contributed by atoms with Gasteiger partial charge in [0.1, 0.15) is 5.75 Å². The maximum atomic E-state index is 13.1. The van der Waals surface area contributed by atoms with Gasteiger partial charge in [0, 0.05) is 24.2 Å². The molecule has 5 aromatic rings. The van der Waals surface area contributed by atoms with Crippen molar-refractivity contribution >= 4 is 38.5 Å². The van der Waals surface area contributed by atoms with Crippen LogP contribution in [-0.2, 0) is 10.0 Å².